The van der Waals surface area contributed by atoms with Crippen molar-refractivity contribution in [2.75, 3.05) is 0 Å². The molecule has 23 heavy (non-hydrogen) atoms. The minimum atomic E-state index is -0.279. The fourth-order valence-corrected chi connectivity index (χ4v) is 3.07. The van der Waals surface area contributed by atoms with Crippen LogP contribution in [0.4, 0.5) is 0 Å². The van der Waals surface area contributed by atoms with Crippen molar-refractivity contribution < 1.29 is 9.59 Å². The molecule has 0 N–H and O–H groups in total. The van der Waals surface area contributed by atoms with Crippen LogP contribution in [-0.2, 0) is 0 Å². The lowest BCUT2D eigenvalue weighted by atomic mass is 9.94. The van der Waals surface area contributed by atoms with Gasteiger partial charge in [-0.1, -0.05) is 43.7 Å². The zero-order valence-corrected chi connectivity index (χ0v) is 14.5. The molecule has 1 aromatic carbocycles. The van der Waals surface area contributed by atoms with Gasteiger partial charge >= 0.3 is 0 Å². The van der Waals surface area contributed by atoms with Gasteiger partial charge in [-0.05, 0) is 44.2 Å². The maximum Gasteiger partial charge on any atom is 0.262 e. The highest BCUT2D eigenvalue weighted by Crippen LogP contribution is 2.33. The van der Waals surface area contributed by atoms with Gasteiger partial charge in [-0.3, -0.25) is 14.5 Å². The van der Waals surface area contributed by atoms with E-state index < -0.39 is 0 Å². The van der Waals surface area contributed by atoms with Gasteiger partial charge in [-0.25, -0.2) is 0 Å². The molecule has 1 atom stereocenters. The topological polar surface area (TPSA) is 37.4 Å². The SMILES string of the molecule is C=C(C)CCC(C(=C)C)N1C(=O)c2cccc(C(C)C)c2C1=O. The summed E-state index contributed by atoms with van der Waals surface area (Å²) in [6.45, 7) is 15.8. The lowest BCUT2D eigenvalue weighted by molar-refractivity contribution is 0.0601. The zero-order valence-electron chi connectivity index (χ0n) is 14.5. The summed E-state index contributed by atoms with van der Waals surface area (Å²) in [5.41, 5.74) is 3.88. The van der Waals surface area contributed by atoms with Crippen molar-refractivity contribution in [3.05, 3.63) is 59.2 Å². The molecule has 1 aliphatic rings. The summed E-state index contributed by atoms with van der Waals surface area (Å²) in [7, 11) is 0. The molecule has 2 amide bonds. The Kier molecular flexibility index (Phi) is 4.88. The highest BCUT2D eigenvalue weighted by Gasteiger charge is 2.41. The normalized spacial score (nSPS) is 15.1. The third-order valence-corrected chi connectivity index (χ3v) is 4.33. The molecule has 3 heteroatoms. The van der Waals surface area contributed by atoms with Gasteiger partial charge in [0.1, 0.15) is 0 Å². The standard InChI is InChI=1S/C20H25NO2/c1-12(2)10-11-17(14(5)6)21-19(22)16-9-7-8-15(13(3)4)18(16)20(21)23/h7-9,13,17H,1,5,10-11H2,2-4,6H3. The Morgan fingerprint density at radius 1 is 1.13 bits per heavy atom. The molecule has 0 fully saturated rings. The highest BCUT2D eigenvalue weighted by atomic mass is 16.2. The van der Waals surface area contributed by atoms with Crippen molar-refractivity contribution in [3.8, 4) is 0 Å². The molecule has 2 rings (SSSR count). The summed E-state index contributed by atoms with van der Waals surface area (Å²) in [6.07, 6.45) is 1.44. The van der Waals surface area contributed by atoms with E-state index in [-0.39, 0.29) is 23.8 Å². The van der Waals surface area contributed by atoms with Gasteiger partial charge in [-0.2, -0.15) is 0 Å². The number of allylic oxidation sites excluding steroid dienone is 1. The number of carbonyl (C=O) groups is 2. The van der Waals surface area contributed by atoms with E-state index in [1.54, 1.807) is 6.07 Å². The van der Waals surface area contributed by atoms with Crippen molar-refractivity contribution in [2.24, 2.45) is 0 Å². The monoisotopic (exact) mass is 311 g/mol. The van der Waals surface area contributed by atoms with E-state index in [0.717, 1.165) is 23.1 Å². The number of hydrogen-bond donors (Lipinski definition) is 0. The first-order valence-electron chi connectivity index (χ1n) is 8.06. The molecule has 1 heterocycles. The molecule has 0 spiro atoms. The summed E-state index contributed by atoms with van der Waals surface area (Å²) in [4.78, 5) is 27.2. The van der Waals surface area contributed by atoms with Crippen molar-refractivity contribution in [1.29, 1.82) is 0 Å². The molecule has 0 saturated carbocycles. The molecule has 0 aliphatic carbocycles. The lowest BCUT2D eigenvalue weighted by Gasteiger charge is -2.27. The predicted octanol–water partition coefficient (Wildman–Crippen LogP) is 4.71. The van der Waals surface area contributed by atoms with E-state index in [0.29, 0.717) is 17.5 Å². The largest absolute Gasteiger partial charge is 0.269 e. The summed E-state index contributed by atoms with van der Waals surface area (Å²) < 4.78 is 0. The van der Waals surface area contributed by atoms with Gasteiger partial charge in [-0.15, -0.1) is 6.58 Å². The van der Waals surface area contributed by atoms with Crippen molar-refractivity contribution >= 4 is 11.8 Å². The molecule has 0 bridgehead atoms. The van der Waals surface area contributed by atoms with Gasteiger partial charge in [0.2, 0.25) is 0 Å². The molecular formula is C20H25NO2. The molecule has 122 valence electrons. The first-order valence-corrected chi connectivity index (χ1v) is 8.06. The van der Waals surface area contributed by atoms with Crippen molar-refractivity contribution in [1.82, 2.24) is 4.90 Å². The van der Waals surface area contributed by atoms with E-state index >= 15 is 0 Å². The van der Waals surface area contributed by atoms with Crippen LogP contribution in [-0.4, -0.2) is 22.8 Å². The van der Waals surface area contributed by atoms with Crippen LogP contribution in [0.1, 0.15) is 72.7 Å². The number of fused-ring (bicyclic) bond motifs is 1. The van der Waals surface area contributed by atoms with Crippen LogP contribution in [0.15, 0.2) is 42.5 Å². The van der Waals surface area contributed by atoms with Crippen LogP contribution in [0, 0.1) is 0 Å². The Morgan fingerprint density at radius 2 is 1.78 bits per heavy atom. The van der Waals surface area contributed by atoms with Crippen LogP contribution >= 0.6 is 0 Å². The van der Waals surface area contributed by atoms with Gasteiger partial charge in [0.25, 0.3) is 11.8 Å². The van der Waals surface area contributed by atoms with Crippen LogP contribution in [0.3, 0.4) is 0 Å². The highest BCUT2D eigenvalue weighted by molar-refractivity contribution is 6.22. The Bertz CT molecular complexity index is 685. The van der Waals surface area contributed by atoms with Gasteiger partial charge < -0.3 is 0 Å². The fourth-order valence-electron chi connectivity index (χ4n) is 3.07. The maximum atomic E-state index is 13.0. The maximum absolute atomic E-state index is 13.0. The van der Waals surface area contributed by atoms with E-state index in [9.17, 15) is 9.59 Å². The number of carbonyl (C=O) groups excluding carboxylic acids is 2. The van der Waals surface area contributed by atoms with E-state index in [2.05, 4.69) is 13.2 Å². The number of imide groups is 1. The number of hydrogen-bond acceptors (Lipinski definition) is 2. The Labute approximate surface area is 138 Å². The molecular weight excluding hydrogens is 286 g/mol. The van der Waals surface area contributed by atoms with Crippen molar-refractivity contribution in [3.63, 3.8) is 0 Å². The molecule has 0 saturated heterocycles. The van der Waals surface area contributed by atoms with Crippen LogP contribution in [0.25, 0.3) is 0 Å². The van der Waals surface area contributed by atoms with E-state index in [1.165, 1.54) is 4.90 Å². The number of amides is 2. The molecule has 1 aliphatic heterocycles. The first kappa shape index (κ1) is 17.2. The van der Waals surface area contributed by atoms with Gasteiger partial charge in [0, 0.05) is 0 Å². The Hall–Kier alpha value is -2.16. The number of nitrogens with zero attached hydrogens (tertiary/aromatic N) is 1. The second kappa shape index (κ2) is 6.53. The Balaban J connectivity index is 2.44. The Morgan fingerprint density at radius 3 is 2.30 bits per heavy atom. The molecule has 3 nitrogen and oxygen atoms in total. The molecule has 1 aromatic rings. The average Bonchev–Trinajstić information content (AvgIpc) is 2.72. The second-order valence-corrected chi connectivity index (χ2v) is 6.76. The first-order chi connectivity index (χ1) is 10.8. The predicted molar refractivity (Wildman–Crippen MR) is 93.7 cm³/mol. The van der Waals surface area contributed by atoms with E-state index in [4.69, 9.17) is 0 Å². The van der Waals surface area contributed by atoms with Crippen LogP contribution in [0.5, 0.6) is 0 Å². The molecule has 0 aromatic heterocycles. The molecule has 1 unspecified atom stereocenters. The quantitative estimate of drug-likeness (QED) is 0.564. The summed E-state index contributed by atoms with van der Waals surface area (Å²) in [5.74, 6) is -0.202. The van der Waals surface area contributed by atoms with Gasteiger partial charge in [0.15, 0.2) is 0 Å². The molecule has 0 radical (unpaired) electrons. The lowest BCUT2D eigenvalue weighted by Crippen LogP contribution is -2.40. The summed E-state index contributed by atoms with van der Waals surface area (Å²) in [5, 5.41) is 0. The zero-order chi connectivity index (χ0) is 17.3. The summed E-state index contributed by atoms with van der Waals surface area (Å²) >= 11 is 0. The minimum absolute atomic E-state index is 0.191. The second-order valence-electron chi connectivity index (χ2n) is 6.76. The number of rotatable bonds is 6. The van der Waals surface area contributed by atoms with E-state index in [1.807, 2.05) is 39.8 Å². The minimum Gasteiger partial charge on any atom is -0.269 e. The smallest absolute Gasteiger partial charge is 0.262 e. The average molecular weight is 311 g/mol. The van der Waals surface area contributed by atoms with Gasteiger partial charge in [0.05, 0.1) is 17.2 Å². The van der Waals surface area contributed by atoms with Crippen LogP contribution in [0.2, 0.25) is 0 Å². The fraction of sp³-hybridized carbons (Fsp3) is 0.400. The van der Waals surface area contributed by atoms with Crippen molar-refractivity contribution in [2.45, 2.75) is 52.5 Å². The van der Waals surface area contributed by atoms with Crippen LogP contribution < -0.4 is 0 Å². The number of benzene rings is 1. The summed E-state index contributed by atoms with van der Waals surface area (Å²) in [6, 6.07) is 5.25. The third-order valence-electron chi connectivity index (χ3n) is 4.33. The third kappa shape index (κ3) is 3.14.